The fourth-order valence-electron chi connectivity index (χ4n) is 2.42. The zero-order valence-electron chi connectivity index (χ0n) is 15.8. The molecule has 1 heterocycles. The van der Waals surface area contributed by atoms with Crippen LogP contribution in [0.5, 0.6) is 5.75 Å². The van der Waals surface area contributed by atoms with Crippen molar-refractivity contribution in [2.75, 3.05) is 19.7 Å². The molecule has 0 aliphatic carbocycles. The highest BCUT2D eigenvalue weighted by Gasteiger charge is 2.11. The van der Waals surface area contributed by atoms with Crippen LogP contribution < -0.4 is 15.4 Å². The summed E-state index contributed by atoms with van der Waals surface area (Å²) in [6, 6.07) is 9.66. The van der Waals surface area contributed by atoms with Gasteiger partial charge in [-0.15, -0.1) is 0 Å². The van der Waals surface area contributed by atoms with Gasteiger partial charge in [-0.25, -0.2) is 4.99 Å². The predicted molar refractivity (Wildman–Crippen MR) is 103 cm³/mol. The van der Waals surface area contributed by atoms with E-state index < -0.39 is 6.10 Å². The van der Waals surface area contributed by atoms with Gasteiger partial charge < -0.3 is 24.9 Å². The molecule has 0 radical (unpaired) electrons. The third kappa shape index (κ3) is 6.11. The number of nitrogens with one attached hydrogen (secondary N) is 2. The lowest BCUT2D eigenvalue weighted by atomic mass is 10.1. The highest BCUT2D eigenvalue weighted by Crippen LogP contribution is 2.21. The molecule has 6 nitrogen and oxygen atoms in total. The SMILES string of the molecule is CCCOc1cc(C)ccc1CN=C(NCC)NCC(O)c1ccco1. The number of ether oxygens (including phenoxy) is 1. The molecule has 1 atom stereocenters. The van der Waals surface area contributed by atoms with E-state index in [1.165, 1.54) is 0 Å². The topological polar surface area (TPSA) is 79.0 Å². The number of aliphatic hydroxyl groups excluding tert-OH is 1. The number of benzene rings is 1. The van der Waals surface area contributed by atoms with Crippen molar-refractivity contribution >= 4 is 5.96 Å². The minimum Gasteiger partial charge on any atom is -0.493 e. The Morgan fingerprint density at radius 3 is 2.81 bits per heavy atom. The van der Waals surface area contributed by atoms with Crippen molar-refractivity contribution in [3.63, 3.8) is 0 Å². The van der Waals surface area contributed by atoms with E-state index in [4.69, 9.17) is 9.15 Å². The smallest absolute Gasteiger partial charge is 0.191 e. The van der Waals surface area contributed by atoms with Crippen LogP contribution in [-0.4, -0.2) is 30.8 Å². The highest BCUT2D eigenvalue weighted by atomic mass is 16.5. The number of aliphatic imine (C=N–C) groups is 1. The van der Waals surface area contributed by atoms with Gasteiger partial charge in [-0.2, -0.15) is 0 Å². The Balaban J connectivity index is 2.01. The summed E-state index contributed by atoms with van der Waals surface area (Å²) in [5, 5.41) is 16.4. The Labute approximate surface area is 155 Å². The van der Waals surface area contributed by atoms with Crippen molar-refractivity contribution in [3.05, 3.63) is 53.5 Å². The molecule has 0 aliphatic rings. The summed E-state index contributed by atoms with van der Waals surface area (Å²) in [5.74, 6) is 2.05. The summed E-state index contributed by atoms with van der Waals surface area (Å²) in [6.45, 7) is 8.36. The Hall–Kier alpha value is -2.47. The zero-order valence-corrected chi connectivity index (χ0v) is 15.8. The van der Waals surface area contributed by atoms with Crippen LogP contribution in [-0.2, 0) is 6.54 Å². The third-order valence-corrected chi connectivity index (χ3v) is 3.77. The van der Waals surface area contributed by atoms with Crippen LogP contribution in [0.25, 0.3) is 0 Å². The number of nitrogens with zero attached hydrogens (tertiary/aromatic N) is 1. The summed E-state index contributed by atoms with van der Waals surface area (Å²) in [4.78, 5) is 4.61. The first-order valence-electron chi connectivity index (χ1n) is 9.10. The summed E-state index contributed by atoms with van der Waals surface area (Å²) in [6.07, 6.45) is 1.79. The second-order valence-corrected chi connectivity index (χ2v) is 6.07. The van der Waals surface area contributed by atoms with E-state index in [0.29, 0.717) is 31.4 Å². The normalized spacial score (nSPS) is 12.7. The monoisotopic (exact) mass is 359 g/mol. The molecule has 2 aromatic rings. The number of aryl methyl sites for hydroxylation is 1. The summed E-state index contributed by atoms with van der Waals surface area (Å²) >= 11 is 0. The highest BCUT2D eigenvalue weighted by molar-refractivity contribution is 5.79. The molecule has 0 saturated heterocycles. The molecule has 142 valence electrons. The van der Waals surface area contributed by atoms with Crippen molar-refractivity contribution in [3.8, 4) is 5.75 Å². The second kappa shape index (κ2) is 10.5. The molecule has 3 N–H and O–H groups in total. The number of furan rings is 1. The van der Waals surface area contributed by atoms with Crippen LogP contribution in [0.1, 0.15) is 43.3 Å². The Morgan fingerprint density at radius 1 is 1.27 bits per heavy atom. The lowest BCUT2D eigenvalue weighted by Gasteiger charge is -2.15. The predicted octanol–water partition coefficient (Wildman–Crippen LogP) is 3.17. The van der Waals surface area contributed by atoms with Gasteiger partial charge in [0.05, 0.1) is 26.0 Å². The molecule has 0 aliphatic heterocycles. The average Bonchev–Trinajstić information content (AvgIpc) is 3.17. The van der Waals surface area contributed by atoms with E-state index in [1.54, 1.807) is 18.4 Å². The van der Waals surface area contributed by atoms with Crippen LogP contribution in [0.3, 0.4) is 0 Å². The standard InChI is InChI=1S/C20H29N3O3/c1-4-10-25-19-12-15(3)8-9-16(19)13-22-20(21-5-2)23-14-17(24)18-7-6-11-26-18/h6-9,11-12,17,24H,4-5,10,13-14H2,1-3H3,(H2,21,22,23). The molecule has 1 aromatic heterocycles. The molecular formula is C20H29N3O3. The molecule has 0 saturated carbocycles. The van der Waals surface area contributed by atoms with Gasteiger partial charge in [0.15, 0.2) is 5.96 Å². The van der Waals surface area contributed by atoms with Crippen LogP contribution in [0.15, 0.2) is 46.0 Å². The van der Waals surface area contributed by atoms with Crippen LogP contribution in [0.4, 0.5) is 0 Å². The van der Waals surface area contributed by atoms with Gasteiger partial charge in [-0.3, -0.25) is 0 Å². The van der Waals surface area contributed by atoms with Gasteiger partial charge in [0.25, 0.3) is 0 Å². The molecule has 1 aromatic carbocycles. The molecule has 0 bridgehead atoms. The third-order valence-electron chi connectivity index (χ3n) is 3.77. The van der Waals surface area contributed by atoms with Gasteiger partial charge in [-0.05, 0) is 44.0 Å². The summed E-state index contributed by atoms with van der Waals surface area (Å²) in [7, 11) is 0. The van der Waals surface area contributed by atoms with Gasteiger partial charge >= 0.3 is 0 Å². The van der Waals surface area contributed by atoms with Crippen LogP contribution in [0.2, 0.25) is 0 Å². The van der Waals surface area contributed by atoms with Crippen LogP contribution in [0, 0.1) is 6.92 Å². The first-order chi connectivity index (χ1) is 12.6. The zero-order chi connectivity index (χ0) is 18.8. The first kappa shape index (κ1) is 19.8. The second-order valence-electron chi connectivity index (χ2n) is 6.07. The van der Waals surface area contributed by atoms with Crippen molar-refractivity contribution in [1.29, 1.82) is 0 Å². The summed E-state index contributed by atoms with van der Waals surface area (Å²) in [5.41, 5.74) is 2.20. The fourth-order valence-corrected chi connectivity index (χ4v) is 2.42. The fraction of sp³-hybridized carbons (Fsp3) is 0.450. The first-order valence-corrected chi connectivity index (χ1v) is 9.10. The van der Waals surface area contributed by atoms with E-state index in [9.17, 15) is 5.11 Å². The molecule has 26 heavy (non-hydrogen) atoms. The average molecular weight is 359 g/mol. The number of aliphatic hydroxyl groups is 1. The van der Waals surface area contributed by atoms with E-state index in [-0.39, 0.29) is 0 Å². The van der Waals surface area contributed by atoms with Crippen molar-refractivity contribution in [1.82, 2.24) is 10.6 Å². The van der Waals surface area contributed by atoms with Gasteiger partial charge in [0.2, 0.25) is 0 Å². The van der Waals surface area contributed by atoms with Crippen molar-refractivity contribution in [2.24, 2.45) is 4.99 Å². The van der Waals surface area contributed by atoms with Crippen molar-refractivity contribution in [2.45, 2.75) is 39.8 Å². The van der Waals surface area contributed by atoms with E-state index in [2.05, 4.69) is 28.6 Å². The molecule has 6 heteroatoms. The molecule has 1 unspecified atom stereocenters. The van der Waals surface area contributed by atoms with Crippen LogP contribution >= 0.6 is 0 Å². The maximum absolute atomic E-state index is 10.1. The Kier molecular flexibility index (Phi) is 8.02. The molecule has 2 rings (SSSR count). The van der Waals surface area contributed by atoms with E-state index in [1.807, 2.05) is 26.0 Å². The largest absolute Gasteiger partial charge is 0.493 e. The quantitative estimate of drug-likeness (QED) is 0.473. The number of rotatable bonds is 9. The maximum atomic E-state index is 10.1. The maximum Gasteiger partial charge on any atom is 0.191 e. The molecule has 0 spiro atoms. The Morgan fingerprint density at radius 2 is 2.12 bits per heavy atom. The number of hydrogen-bond acceptors (Lipinski definition) is 4. The minimum absolute atomic E-state index is 0.312. The lowest BCUT2D eigenvalue weighted by Crippen LogP contribution is -2.39. The number of guanidine groups is 1. The Bertz CT molecular complexity index is 684. The van der Waals surface area contributed by atoms with E-state index >= 15 is 0 Å². The van der Waals surface area contributed by atoms with Crippen molar-refractivity contribution < 1.29 is 14.3 Å². The van der Waals surface area contributed by atoms with Gasteiger partial charge in [-0.1, -0.05) is 19.1 Å². The summed E-state index contributed by atoms with van der Waals surface area (Å²) < 4.78 is 11.1. The molecular weight excluding hydrogens is 330 g/mol. The van der Waals surface area contributed by atoms with E-state index in [0.717, 1.165) is 29.8 Å². The minimum atomic E-state index is -0.725. The van der Waals surface area contributed by atoms with Gasteiger partial charge in [0, 0.05) is 12.1 Å². The lowest BCUT2D eigenvalue weighted by molar-refractivity contribution is 0.153. The molecule has 0 fully saturated rings. The molecule has 0 amide bonds. The number of hydrogen-bond donors (Lipinski definition) is 3. The van der Waals surface area contributed by atoms with Gasteiger partial charge in [0.1, 0.15) is 17.6 Å².